The number of carbonyl (C=O) groups excluding carboxylic acids is 1. The third kappa shape index (κ3) is 3.73. The molecule has 1 aliphatic heterocycles. The van der Waals surface area contributed by atoms with Gasteiger partial charge in [-0.1, -0.05) is 31.0 Å². The van der Waals surface area contributed by atoms with Crippen molar-refractivity contribution in [2.24, 2.45) is 0 Å². The zero-order valence-electron chi connectivity index (χ0n) is 11.5. The van der Waals surface area contributed by atoms with Gasteiger partial charge in [-0.25, -0.2) is 4.79 Å². The van der Waals surface area contributed by atoms with E-state index >= 15 is 0 Å². The fourth-order valence-corrected chi connectivity index (χ4v) is 2.45. The van der Waals surface area contributed by atoms with E-state index in [0.717, 1.165) is 25.7 Å². The minimum atomic E-state index is -1.00. The molecule has 0 saturated carbocycles. The number of rotatable bonds is 3. The lowest BCUT2D eigenvalue weighted by Crippen LogP contribution is -2.46. The molecule has 1 fully saturated rings. The fraction of sp³-hybridized carbons (Fsp3) is 0.467. The monoisotopic (exact) mass is 276 g/mol. The van der Waals surface area contributed by atoms with Crippen LogP contribution in [0.15, 0.2) is 30.3 Å². The van der Waals surface area contributed by atoms with E-state index in [9.17, 15) is 9.59 Å². The van der Waals surface area contributed by atoms with Gasteiger partial charge in [-0.15, -0.1) is 0 Å². The van der Waals surface area contributed by atoms with Gasteiger partial charge in [0, 0.05) is 18.8 Å². The molecule has 20 heavy (non-hydrogen) atoms. The summed E-state index contributed by atoms with van der Waals surface area (Å²) in [6.45, 7) is 1.11. The maximum Gasteiger partial charge on any atom is 0.325 e. The van der Waals surface area contributed by atoms with Crippen LogP contribution in [0.3, 0.4) is 0 Å². The maximum atomic E-state index is 12.6. The van der Waals surface area contributed by atoms with Crippen molar-refractivity contribution < 1.29 is 14.7 Å². The highest BCUT2D eigenvalue weighted by Crippen LogP contribution is 2.18. The van der Waals surface area contributed by atoms with Gasteiger partial charge in [-0.2, -0.15) is 0 Å². The SMILES string of the molecule is O=C(O)CN(C(=O)N1CCCCCC1)c1ccccc1. The van der Waals surface area contributed by atoms with Crippen molar-refractivity contribution in [2.45, 2.75) is 25.7 Å². The number of carbonyl (C=O) groups is 2. The predicted octanol–water partition coefficient (Wildman–Crippen LogP) is 2.57. The Hall–Kier alpha value is -2.04. The van der Waals surface area contributed by atoms with Gasteiger partial charge < -0.3 is 10.0 Å². The Labute approximate surface area is 118 Å². The highest BCUT2D eigenvalue weighted by atomic mass is 16.4. The van der Waals surface area contributed by atoms with Crippen molar-refractivity contribution in [1.29, 1.82) is 0 Å². The van der Waals surface area contributed by atoms with Crippen LogP contribution in [0.2, 0.25) is 0 Å². The van der Waals surface area contributed by atoms with Gasteiger partial charge in [0.1, 0.15) is 6.54 Å². The van der Waals surface area contributed by atoms with Crippen LogP contribution in [-0.2, 0) is 4.79 Å². The van der Waals surface area contributed by atoms with Crippen LogP contribution in [0.5, 0.6) is 0 Å². The Balaban J connectivity index is 2.17. The van der Waals surface area contributed by atoms with Crippen molar-refractivity contribution in [3.05, 3.63) is 30.3 Å². The highest BCUT2D eigenvalue weighted by Gasteiger charge is 2.24. The number of benzene rings is 1. The Morgan fingerprint density at radius 2 is 1.65 bits per heavy atom. The second kappa shape index (κ2) is 6.93. The minimum absolute atomic E-state index is 0.208. The molecule has 1 aromatic rings. The topological polar surface area (TPSA) is 60.9 Å². The molecule has 0 atom stereocenters. The number of amides is 2. The molecular weight excluding hydrogens is 256 g/mol. The first kappa shape index (κ1) is 14.4. The first-order valence-electron chi connectivity index (χ1n) is 7.02. The normalized spacial score (nSPS) is 15.5. The number of para-hydroxylation sites is 1. The molecule has 0 radical (unpaired) electrons. The molecule has 1 N–H and O–H groups in total. The molecule has 2 rings (SSSR count). The molecule has 1 aromatic carbocycles. The lowest BCUT2D eigenvalue weighted by molar-refractivity contribution is -0.135. The summed E-state index contributed by atoms with van der Waals surface area (Å²) < 4.78 is 0. The van der Waals surface area contributed by atoms with Crippen LogP contribution >= 0.6 is 0 Å². The number of nitrogens with zero attached hydrogens (tertiary/aromatic N) is 2. The Morgan fingerprint density at radius 3 is 2.20 bits per heavy atom. The van der Waals surface area contributed by atoms with E-state index in [4.69, 9.17) is 5.11 Å². The molecule has 108 valence electrons. The summed E-state index contributed by atoms with van der Waals surface area (Å²) in [6, 6.07) is 8.77. The van der Waals surface area contributed by atoms with Crippen molar-refractivity contribution >= 4 is 17.7 Å². The zero-order valence-corrected chi connectivity index (χ0v) is 11.5. The summed E-state index contributed by atoms with van der Waals surface area (Å²) >= 11 is 0. The molecule has 5 nitrogen and oxygen atoms in total. The molecule has 1 saturated heterocycles. The first-order chi connectivity index (χ1) is 9.68. The standard InChI is InChI=1S/C15H20N2O3/c18-14(19)12-17(13-8-4-3-5-9-13)15(20)16-10-6-1-2-7-11-16/h3-5,8-9H,1-2,6-7,10-12H2,(H,18,19). The minimum Gasteiger partial charge on any atom is -0.480 e. The number of aliphatic carboxylic acids is 1. The van der Waals surface area contributed by atoms with Gasteiger partial charge in [0.25, 0.3) is 0 Å². The second-order valence-corrected chi connectivity index (χ2v) is 5.00. The summed E-state index contributed by atoms with van der Waals surface area (Å²) in [7, 11) is 0. The van der Waals surface area contributed by atoms with Gasteiger partial charge in [-0.05, 0) is 25.0 Å². The average molecular weight is 276 g/mol. The van der Waals surface area contributed by atoms with Crippen LogP contribution in [0.4, 0.5) is 10.5 Å². The predicted molar refractivity (Wildman–Crippen MR) is 76.9 cm³/mol. The largest absolute Gasteiger partial charge is 0.480 e. The van der Waals surface area contributed by atoms with E-state index in [0.29, 0.717) is 18.8 Å². The Morgan fingerprint density at radius 1 is 1.05 bits per heavy atom. The molecule has 0 bridgehead atoms. The molecule has 0 spiro atoms. The number of urea groups is 1. The Kier molecular flexibility index (Phi) is 4.98. The van der Waals surface area contributed by atoms with Crippen molar-refractivity contribution in [3.63, 3.8) is 0 Å². The van der Waals surface area contributed by atoms with E-state index in [-0.39, 0.29) is 12.6 Å². The smallest absolute Gasteiger partial charge is 0.325 e. The number of hydrogen-bond donors (Lipinski definition) is 1. The number of likely N-dealkylation sites (tertiary alicyclic amines) is 1. The fourth-order valence-electron chi connectivity index (χ4n) is 2.45. The third-order valence-corrected chi connectivity index (χ3v) is 3.47. The van der Waals surface area contributed by atoms with E-state index in [1.54, 1.807) is 29.2 Å². The van der Waals surface area contributed by atoms with Crippen LogP contribution in [0, 0.1) is 0 Å². The summed E-state index contributed by atoms with van der Waals surface area (Å²) in [4.78, 5) is 26.7. The second-order valence-electron chi connectivity index (χ2n) is 5.00. The lowest BCUT2D eigenvalue weighted by Gasteiger charge is -2.29. The van der Waals surface area contributed by atoms with Crippen molar-refractivity contribution in [1.82, 2.24) is 4.90 Å². The van der Waals surface area contributed by atoms with Crippen LogP contribution < -0.4 is 4.90 Å². The molecule has 0 aromatic heterocycles. The zero-order chi connectivity index (χ0) is 14.4. The molecule has 0 aliphatic carbocycles. The summed E-state index contributed by atoms with van der Waals surface area (Å²) in [5, 5.41) is 9.04. The van der Waals surface area contributed by atoms with Gasteiger partial charge in [-0.3, -0.25) is 9.69 Å². The molecule has 2 amide bonds. The number of hydrogen-bond acceptors (Lipinski definition) is 2. The van der Waals surface area contributed by atoms with E-state index in [1.165, 1.54) is 4.90 Å². The van der Waals surface area contributed by atoms with E-state index in [1.807, 2.05) is 6.07 Å². The molecule has 1 aliphatic rings. The average Bonchev–Trinajstić information content (AvgIpc) is 2.74. The van der Waals surface area contributed by atoms with Gasteiger partial charge in [0.05, 0.1) is 0 Å². The number of carboxylic acid groups (broad SMARTS) is 1. The lowest BCUT2D eigenvalue weighted by atomic mass is 10.2. The third-order valence-electron chi connectivity index (χ3n) is 3.47. The molecule has 0 unspecified atom stereocenters. The quantitative estimate of drug-likeness (QED) is 0.923. The Bertz CT molecular complexity index is 453. The number of anilines is 1. The maximum absolute atomic E-state index is 12.6. The van der Waals surface area contributed by atoms with Gasteiger partial charge in [0.15, 0.2) is 0 Å². The summed E-state index contributed by atoms with van der Waals surface area (Å²) in [6.07, 6.45) is 4.24. The van der Waals surface area contributed by atoms with Crippen LogP contribution in [0.25, 0.3) is 0 Å². The first-order valence-corrected chi connectivity index (χ1v) is 7.02. The molecule has 1 heterocycles. The molecule has 5 heteroatoms. The summed E-state index contributed by atoms with van der Waals surface area (Å²) in [5.74, 6) is -1.00. The van der Waals surface area contributed by atoms with E-state index in [2.05, 4.69) is 0 Å². The van der Waals surface area contributed by atoms with Crippen molar-refractivity contribution in [2.75, 3.05) is 24.5 Å². The van der Waals surface area contributed by atoms with E-state index < -0.39 is 5.97 Å². The van der Waals surface area contributed by atoms with Crippen LogP contribution in [0.1, 0.15) is 25.7 Å². The number of carboxylic acids is 1. The van der Waals surface area contributed by atoms with Crippen LogP contribution in [-0.4, -0.2) is 41.6 Å². The highest BCUT2D eigenvalue weighted by molar-refractivity contribution is 5.96. The van der Waals surface area contributed by atoms with Crippen molar-refractivity contribution in [3.8, 4) is 0 Å². The van der Waals surface area contributed by atoms with Gasteiger partial charge >= 0.3 is 12.0 Å². The summed E-state index contributed by atoms with van der Waals surface area (Å²) in [5.41, 5.74) is 0.629. The molecular formula is C15H20N2O3. The van der Waals surface area contributed by atoms with Gasteiger partial charge in [0.2, 0.25) is 0 Å².